The number of hydrogen-bond acceptors (Lipinski definition) is 2. The van der Waals surface area contributed by atoms with E-state index in [1.165, 1.54) is 64.2 Å². The molecule has 2 heteroatoms. The van der Waals surface area contributed by atoms with Gasteiger partial charge in [-0.1, -0.05) is 32.1 Å². The molecule has 0 saturated heterocycles. The van der Waals surface area contributed by atoms with Gasteiger partial charge in [-0.25, -0.2) is 0 Å². The third-order valence-electron chi connectivity index (χ3n) is 6.51. The van der Waals surface area contributed by atoms with Crippen molar-refractivity contribution in [1.82, 2.24) is 5.32 Å². The molecule has 0 heterocycles. The van der Waals surface area contributed by atoms with E-state index < -0.39 is 0 Å². The van der Waals surface area contributed by atoms with Crippen molar-refractivity contribution >= 4 is 0 Å². The largest absolute Gasteiger partial charge is 0.378 e. The van der Waals surface area contributed by atoms with E-state index in [4.69, 9.17) is 4.74 Å². The second-order valence-corrected chi connectivity index (χ2v) is 7.53. The summed E-state index contributed by atoms with van der Waals surface area (Å²) in [7, 11) is 0. The minimum atomic E-state index is 0.499. The topological polar surface area (TPSA) is 21.3 Å². The van der Waals surface area contributed by atoms with Crippen molar-refractivity contribution in [3.05, 3.63) is 0 Å². The standard InChI is InChI=1S/C18H33NO/c1-3-20-17-13-16(18(17)11-7-8-12-18)19-14(2)15-9-5-4-6-10-15/h14-17,19H,3-13H2,1-2H3/t14-,16?,17?/m0/s1. The van der Waals surface area contributed by atoms with Gasteiger partial charge in [-0.3, -0.25) is 0 Å². The van der Waals surface area contributed by atoms with Crippen molar-refractivity contribution in [1.29, 1.82) is 0 Å². The van der Waals surface area contributed by atoms with Crippen molar-refractivity contribution in [2.24, 2.45) is 11.3 Å². The van der Waals surface area contributed by atoms with E-state index in [9.17, 15) is 0 Å². The molecule has 3 aliphatic rings. The first-order valence-corrected chi connectivity index (χ1v) is 9.14. The molecule has 0 radical (unpaired) electrons. The highest BCUT2D eigenvalue weighted by Gasteiger charge is 2.56. The zero-order valence-electron chi connectivity index (χ0n) is 13.5. The van der Waals surface area contributed by atoms with Gasteiger partial charge < -0.3 is 10.1 Å². The number of rotatable bonds is 5. The molecule has 1 spiro atoms. The first kappa shape index (κ1) is 14.8. The van der Waals surface area contributed by atoms with E-state index in [0.717, 1.165) is 18.6 Å². The van der Waals surface area contributed by atoms with E-state index in [1.807, 2.05) is 0 Å². The third kappa shape index (κ3) is 2.66. The number of ether oxygens (including phenoxy) is 1. The molecule has 116 valence electrons. The van der Waals surface area contributed by atoms with Gasteiger partial charge in [0.2, 0.25) is 0 Å². The first-order valence-electron chi connectivity index (χ1n) is 9.14. The Bertz CT molecular complexity index is 305. The molecule has 1 N–H and O–H groups in total. The summed E-state index contributed by atoms with van der Waals surface area (Å²) in [6.45, 7) is 5.47. The summed E-state index contributed by atoms with van der Waals surface area (Å²) in [6, 6.07) is 1.44. The van der Waals surface area contributed by atoms with Crippen LogP contribution in [0.4, 0.5) is 0 Å². The van der Waals surface area contributed by atoms with Crippen LogP contribution in [-0.4, -0.2) is 24.8 Å². The van der Waals surface area contributed by atoms with Gasteiger partial charge in [-0.05, 0) is 51.9 Å². The van der Waals surface area contributed by atoms with Crippen molar-refractivity contribution in [3.8, 4) is 0 Å². The number of hydrogen-bond donors (Lipinski definition) is 1. The Hall–Kier alpha value is -0.0800. The fourth-order valence-corrected chi connectivity index (χ4v) is 5.21. The summed E-state index contributed by atoms with van der Waals surface area (Å²) in [6.07, 6.45) is 14.7. The van der Waals surface area contributed by atoms with Crippen LogP contribution < -0.4 is 5.32 Å². The predicted octanol–water partition coefficient (Wildman–Crippen LogP) is 4.28. The molecule has 0 aromatic heterocycles. The minimum absolute atomic E-state index is 0.499. The van der Waals surface area contributed by atoms with Gasteiger partial charge in [0.05, 0.1) is 6.10 Å². The average molecular weight is 279 g/mol. The fourth-order valence-electron chi connectivity index (χ4n) is 5.21. The fraction of sp³-hybridized carbons (Fsp3) is 1.00. The highest BCUT2D eigenvalue weighted by atomic mass is 16.5. The first-order chi connectivity index (χ1) is 9.76. The molecular weight excluding hydrogens is 246 g/mol. The van der Waals surface area contributed by atoms with E-state index in [0.29, 0.717) is 17.6 Å². The third-order valence-corrected chi connectivity index (χ3v) is 6.51. The number of nitrogens with one attached hydrogen (secondary N) is 1. The summed E-state index contributed by atoms with van der Waals surface area (Å²) < 4.78 is 6.03. The molecule has 2 unspecified atom stereocenters. The quantitative estimate of drug-likeness (QED) is 0.811. The SMILES string of the molecule is CCOC1CC(N[C@@H](C)C2CCCCC2)C12CCCC2. The monoisotopic (exact) mass is 279 g/mol. The van der Waals surface area contributed by atoms with Crippen LogP contribution in [0, 0.1) is 11.3 Å². The predicted molar refractivity (Wildman–Crippen MR) is 83.9 cm³/mol. The summed E-state index contributed by atoms with van der Waals surface area (Å²) in [5.41, 5.74) is 0.499. The molecule has 3 fully saturated rings. The zero-order valence-corrected chi connectivity index (χ0v) is 13.5. The van der Waals surface area contributed by atoms with Crippen molar-refractivity contribution in [2.45, 2.75) is 96.2 Å². The molecule has 0 bridgehead atoms. The van der Waals surface area contributed by atoms with Gasteiger partial charge in [0, 0.05) is 24.1 Å². The van der Waals surface area contributed by atoms with Gasteiger partial charge in [-0.15, -0.1) is 0 Å². The van der Waals surface area contributed by atoms with E-state index in [1.54, 1.807) is 0 Å². The second-order valence-electron chi connectivity index (χ2n) is 7.53. The Labute approximate surface area is 125 Å². The second kappa shape index (κ2) is 6.36. The van der Waals surface area contributed by atoms with Crippen LogP contribution in [0.25, 0.3) is 0 Å². The highest BCUT2D eigenvalue weighted by Crippen LogP contribution is 2.55. The summed E-state index contributed by atoms with van der Waals surface area (Å²) in [5.74, 6) is 0.924. The van der Waals surface area contributed by atoms with Gasteiger partial charge >= 0.3 is 0 Å². The lowest BCUT2D eigenvalue weighted by Gasteiger charge is -2.55. The van der Waals surface area contributed by atoms with Crippen LogP contribution in [0.1, 0.15) is 78.1 Å². The van der Waals surface area contributed by atoms with Crippen LogP contribution in [0.2, 0.25) is 0 Å². The Morgan fingerprint density at radius 3 is 2.45 bits per heavy atom. The van der Waals surface area contributed by atoms with E-state index in [-0.39, 0.29) is 0 Å². The maximum Gasteiger partial charge on any atom is 0.0661 e. The molecule has 3 aliphatic carbocycles. The van der Waals surface area contributed by atoms with Crippen molar-refractivity contribution in [2.75, 3.05) is 6.61 Å². The van der Waals surface area contributed by atoms with Crippen molar-refractivity contribution in [3.63, 3.8) is 0 Å². The lowest BCUT2D eigenvalue weighted by molar-refractivity contribution is -0.133. The average Bonchev–Trinajstić information content (AvgIpc) is 2.99. The lowest BCUT2D eigenvalue weighted by Crippen LogP contribution is -2.64. The maximum absolute atomic E-state index is 6.03. The molecule has 0 aromatic carbocycles. The minimum Gasteiger partial charge on any atom is -0.378 e. The van der Waals surface area contributed by atoms with Gasteiger partial charge in [0.25, 0.3) is 0 Å². The van der Waals surface area contributed by atoms with E-state index >= 15 is 0 Å². The molecule has 0 aliphatic heterocycles. The van der Waals surface area contributed by atoms with Crippen LogP contribution in [-0.2, 0) is 4.74 Å². The molecule has 3 atom stereocenters. The normalized spacial score (nSPS) is 35.1. The summed E-state index contributed by atoms with van der Waals surface area (Å²) in [5, 5.41) is 4.03. The molecule has 20 heavy (non-hydrogen) atoms. The summed E-state index contributed by atoms with van der Waals surface area (Å²) >= 11 is 0. The highest BCUT2D eigenvalue weighted by molar-refractivity contribution is 5.10. The Morgan fingerprint density at radius 2 is 1.80 bits per heavy atom. The van der Waals surface area contributed by atoms with Crippen LogP contribution in [0.5, 0.6) is 0 Å². The Balaban J connectivity index is 1.57. The molecular formula is C18H33NO. The van der Waals surface area contributed by atoms with Gasteiger partial charge in [0.15, 0.2) is 0 Å². The molecule has 0 amide bonds. The van der Waals surface area contributed by atoms with Crippen molar-refractivity contribution < 1.29 is 4.74 Å². The summed E-state index contributed by atoms with van der Waals surface area (Å²) in [4.78, 5) is 0. The molecule has 3 rings (SSSR count). The molecule has 3 saturated carbocycles. The van der Waals surface area contributed by atoms with Crippen LogP contribution >= 0.6 is 0 Å². The molecule has 2 nitrogen and oxygen atoms in total. The molecule has 0 aromatic rings. The Morgan fingerprint density at radius 1 is 1.10 bits per heavy atom. The lowest BCUT2D eigenvalue weighted by atomic mass is 9.60. The maximum atomic E-state index is 6.03. The van der Waals surface area contributed by atoms with E-state index in [2.05, 4.69) is 19.2 Å². The van der Waals surface area contributed by atoms with Gasteiger partial charge in [-0.2, -0.15) is 0 Å². The Kier molecular flexibility index (Phi) is 4.72. The smallest absolute Gasteiger partial charge is 0.0661 e. The van der Waals surface area contributed by atoms with Gasteiger partial charge in [0.1, 0.15) is 0 Å². The van der Waals surface area contributed by atoms with Crippen LogP contribution in [0.3, 0.4) is 0 Å². The zero-order chi connectivity index (χ0) is 14.0. The van der Waals surface area contributed by atoms with Crippen LogP contribution in [0.15, 0.2) is 0 Å².